The highest BCUT2D eigenvalue weighted by molar-refractivity contribution is 7.16. The molecule has 0 bridgehead atoms. The van der Waals surface area contributed by atoms with Gasteiger partial charge in [0, 0.05) is 17.6 Å². The number of benzene rings is 1. The van der Waals surface area contributed by atoms with Crippen molar-refractivity contribution < 1.29 is 4.79 Å². The Labute approximate surface area is 141 Å². The molecule has 1 aromatic carbocycles. The lowest BCUT2D eigenvalue weighted by Crippen LogP contribution is -2.44. The normalized spacial score (nSPS) is 10.2. The molecular formula is C14H19Cl2N3OS. The summed E-state index contributed by atoms with van der Waals surface area (Å²) in [4.78, 5) is 16.8. The van der Waals surface area contributed by atoms with E-state index >= 15 is 0 Å². The van der Waals surface area contributed by atoms with Gasteiger partial charge in [-0.1, -0.05) is 30.3 Å². The summed E-state index contributed by atoms with van der Waals surface area (Å²) in [6.07, 6.45) is 1.60. The van der Waals surface area contributed by atoms with E-state index in [2.05, 4.69) is 10.3 Å². The van der Waals surface area contributed by atoms with Crippen LogP contribution in [0.2, 0.25) is 0 Å². The van der Waals surface area contributed by atoms with Crippen molar-refractivity contribution in [2.75, 3.05) is 6.54 Å². The van der Waals surface area contributed by atoms with E-state index in [-0.39, 0.29) is 30.7 Å². The van der Waals surface area contributed by atoms with Gasteiger partial charge < -0.3 is 11.1 Å². The molecule has 0 atom stereocenters. The topological polar surface area (TPSA) is 68.0 Å². The molecule has 4 nitrogen and oxygen atoms in total. The van der Waals surface area contributed by atoms with Gasteiger partial charge >= 0.3 is 0 Å². The lowest BCUT2D eigenvalue weighted by Gasteiger charge is -2.18. The van der Waals surface area contributed by atoms with E-state index < -0.39 is 5.54 Å². The molecule has 0 saturated carbocycles. The maximum Gasteiger partial charge on any atom is 0.263 e. The van der Waals surface area contributed by atoms with Crippen molar-refractivity contribution in [1.82, 2.24) is 10.3 Å². The highest BCUT2D eigenvalue weighted by atomic mass is 35.5. The van der Waals surface area contributed by atoms with Crippen molar-refractivity contribution >= 4 is 42.1 Å². The molecule has 0 aliphatic carbocycles. The minimum absolute atomic E-state index is 0. The Morgan fingerprint density at radius 2 is 1.90 bits per heavy atom. The Morgan fingerprint density at radius 3 is 2.48 bits per heavy atom. The third-order valence-electron chi connectivity index (χ3n) is 2.45. The first-order valence-corrected chi connectivity index (χ1v) is 6.86. The number of rotatable bonds is 4. The molecule has 0 spiro atoms. The van der Waals surface area contributed by atoms with E-state index in [0.717, 1.165) is 10.6 Å². The predicted octanol–water partition coefficient (Wildman–Crippen LogP) is 3.12. The monoisotopic (exact) mass is 347 g/mol. The highest BCUT2D eigenvalue weighted by Gasteiger charge is 2.15. The van der Waals surface area contributed by atoms with E-state index in [9.17, 15) is 4.79 Å². The molecule has 2 aromatic rings. The molecule has 1 aromatic heterocycles. The van der Waals surface area contributed by atoms with E-state index in [1.54, 1.807) is 6.20 Å². The van der Waals surface area contributed by atoms with Crippen LogP contribution in [0.25, 0.3) is 10.6 Å². The molecule has 0 fully saturated rings. The van der Waals surface area contributed by atoms with Gasteiger partial charge in [-0.05, 0) is 13.8 Å². The molecule has 21 heavy (non-hydrogen) atoms. The van der Waals surface area contributed by atoms with Crippen LogP contribution in [-0.2, 0) is 0 Å². The number of carbonyl (C=O) groups excluding carboxylic acids is 1. The van der Waals surface area contributed by atoms with Crippen LogP contribution < -0.4 is 11.1 Å². The van der Waals surface area contributed by atoms with Crippen LogP contribution in [0.15, 0.2) is 36.5 Å². The lowest BCUT2D eigenvalue weighted by molar-refractivity contribution is 0.0950. The average molecular weight is 348 g/mol. The Bertz CT molecular complexity index is 567. The zero-order chi connectivity index (χ0) is 13.9. The standard InChI is InChI=1S/C14H17N3OS.2ClH/c1-14(2,15)9-17-12(18)11-8-16-13(19-11)10-6-4-3-5-7-10;;/h3-8H,9,15H2,1-2H3,(H,17,18);2*1H. The number of hydrogen-bond acceptors (Lipinski definition) is 4. The number of halogens is 2. The molecular weight excluding hydrogens is 329 g/mol. The van der Waals surface area contributed by atoms with Gasteiger partial charge in [0.25, 0.3) is 5.91 Å². The number of aromatic nitrogens is 1. The number of hydrogen-bond donors (Lipinski definition) is 2. The summed E-state index contributed by atoms with van der Waals surface area (Å²) >= 11 is 1.38. The Hall–Kier alpha value is -1.14. The average Bonchev–Trinajstić information content (AvgIpc) is 2.86. The molecule has 1 heterocycles. The number of carbonyl (C=O) groups is 1. The number of thiazole rings is 1. The third-order valence-corrected chi connectivity index (χ3v) is 3.50. The van der Waals surface area contributed by atoms with Crippen molar-refractivity contribution in [2.24, 2.45) is 5.73 Å². The summed E-state index contributed by atoms with van der Waals surface area (Å²) < 4.78 is 0. The van der Waals surface area contributed by atoms with Gasteiger partial charge in [0.2, 0.25) is 0 Å². The minimum Gasteiger partial charge on any atom is -0.349 e. The zero-order valence-corrected chi connectivity index (χ0v) is 14.3. The van der Waals surface area contributed by atoms with Gasteiger partial charge in [-0.2, -0.15) is 0 Å². The molecule has 0 radical (unpaired) electrons. The summed E-state index contributed by atoms with van der Waals surface area (Å²) in [7, 11) is 0. The first kappa shape index (κ1) is 19.9. The molecule has 116 valence electrons. The highest BCUT2D eigenvalue weighted by Crippen LogP contribution is 2.24. The second-order valence-electron chi connectivity index (χ2n) is 5.07. The van der Waals surface area contributed by atoms with Crippen molar-refractivity contribution in [3.63, 3.8) is 0 Å². The predicted molar refractivity (Wildman–Crippen MR) is 92.6 cm³/mol. The van der Waals surface area contributed by atoms with Crippen molar-refractivity contribution in [2.45, 2.75) is 19.4 Å². The zero-order valence-electron chi connectivity index (χ0n) is 11.8. The number of nitrogens with two attached hydrogens (primary N) is 1. The van der Waals surface area contributed by atoms with E-state index in [4.69, 9.17) is 5.73 Å². The number of nitrogens with zero attached hydrogens (tertiary/aromatic N) is 1. The van der Waals surface area contributed by atoms with Gasteiger partial charge in [0.15, 0.2) is 0 Å². The van der Waals surface area contributed by atoms with Gasteiger partial charge in [0.1, 0.15) is 9.88 Å². The number of amides is 1. The molecule has 1 amide bonds. The van der Waals surface area contributed by atoms with Crippen molar-refractivity contribution in [1.29, 1.82) is 0 Å². The first-order valence-electron chi connectivity index (χ1n) is 6.04. The molecule has 2 rings (SSSR count). The largest absolute Gasteiger partial charge is 0.349 e. The molecule has 0 aliphatic rings. The summed E-state index contributed by atoms with van der Waals surface area (Å²) in [6.45, 7) is 4.18. The smallest absolute Gasteiger partial charge is 0.263 e. The van der Waals surface area contributed by atoms with Gasteiger partial charge in [0.05, 0.1) is 6.20 Å². The summed E-state index contributed by atoms with van der Waals surface area (Å²) in [5.74, 6) is -0.127. The van der Waals surface area contributed by atoms with Crippen LogP contribution in [0.3, 0.4) is 0 Å². The van der Waals surface area contributed by atoms with Crippen LogP contribution >= 0.6 is 36.2 Å². The fraction of sp³-hybridized carbons (Fsp3) is 0.286. The van der Waals surface area contributed by atoms with E-state index in [0.29, 0.717) is 11.4 Å². The lowest BCUT2D eigenvalue weighted by atomic mass is 10.1. The second-order valence-corrected chi connectivity index (χ2v) is 6.10. The van der Waals surface area contributed by atoms with Crippen molar-refractivity contribution in [3.05, 3.63) is 41.4 Å². The SMILES string of the molecule is CC(C)(N)CNC(=O)c1cnc(-c2ccccc2)s1.Cl.Cl. The quantitative estimate of drug-likeness (QED) is 0.892. The van der Waals surface area contributed by atoms with E-state index in [1.807, 2.05) is 44.2 Å². The van der Waals surface area contributed by atoms with Gasteiger partial charge in [-0.15, -0.1) is 36.2 Å². The molecule has 0 saturated heterocycles. The fourth-order valence-corrected chi connectivity index (χ4v) is 2.33. The van der Waals surface area contributed by atoms with Gasteiger partial charge in [-0.25, -0.2) is 4.98 Å². The summed E-state index contributed by atoms with van der Waals surface area (Å²) in [5, 5.41) is 3.66. The second kappa shape index (κ2) is 8.34. The summed E-state index contributed by atoms with van der Waals surface area (Å²) in [5.41, 5.74) is 6.44. The van der Waals surface area contributed by atoms with Crippen LogP contribution in [0.4, 0.5) is 0 Å². The Morgan fingerprint density at radius 1 is 1.29 bits per heavy atom. The van der Waals surface area contributed by atoms with Crippen LogP contribution in [0, 0.1) is 0 Å². The Kier molecular flexibility index (Phi) is 7.89. The molecule has 0 unspecified atom stereocenters. The maximum atomic E-state index is 11.9. The van der Waals surface area contributed by atoms with E-state index in [1.165, 1.54) is 11.3 Å². The molecule has 7 heteroatoms. The van der Waals surface area contributed by atoms with Crippen LogP contribution in [-0.4, -0.2) is 23.0 Å². The minimum atomic E-state index is -0.414. The van der Waals surface area contributed by atoms with Crippen LogP contribution in [0.1, 0.15) is 23.5 Å². The first-order chi connectivity index (χ1) is 8.96. The van der Waals surface area contributed by atoms with Gasteiger partial charge in [-0.3, -0.25) is 4.79 Å². The third kappa shape index (κ3) is 6.01. The molecule has 0 aliphatic heterocycles. The maximum absolute atomic E-state index is 11.9. The summed E-state index contributed by atoms with van der Waals surface area (Å²) in [6, 6.07) is 9.81. The number of nitrogens with one attached hydrogen (secondary N) is 1. The van der Waals surface area contributed by atoms with Crippen LogP contribution in [0.5, 0.6) is 0 Å². The Balaban J connectivity index is 0.00000200. The molecule has 3 N–H and O–H groups in total. The fourth-order valence-electron chi connectivity index (χ4n) is 1.49. The van der Waals surface area contributed by atoms with Crippen molar-refractivity contribution in [3.8, 4) is 10.6 Å².